The van der Waals surface area contributed by atoms with Crippen LogP contribution in [0.1, 0.15) is 37.3 Å². The fraction of sp³-hybridized carbons (Fsp3) is 0.400. The molecule has 1 aliphatic carbocycles. The molecule has 2 heteroatoms. The lowest BCUT2D eigenvalue weighted by Gasteiger charge is -2.08. The molecule has 0 atom stereocenters. The molecule has 1 aromatic heterocycles. The van der Waals surface area contributed by atoms with Crippen molar-refractivity contribution < 1.29 is 0 Å². The molecule has 2 aromatic rings. The first kappa shape index (κ1) is 10.6. The van der Waals surface area contributed by atoms with Crippen molar-refractivity contribution in [3.8, 4) is 11.1 Å². The maximum atomic E-state index is 4.52. The predicted octanol–water partition coefficient (Wildman–Crippen LogP) is 3.97. The SMILES string of the molecule is Cc1cccc(-c2cnn(C3CCCC3)c2)c1. The van der Waals surface area contributed by atoms with Crippen molar-refractivity contribution in [2.45, 2.75) is 38.6 Å². The van der Waals surface area contributed by atoms with Crippen LogP contribution in [0.3, 0.4) is 0 Å². The van der Waals surface area contributed by atoms with E-state index in [1.165, 1.54) is 42.4 Å². The van der Waals surface area contributed by atoms with Crippen molar-refractivity contribution in [1.29, 1.82) is 0 Å². The summed E-state index contributed by atoms with van der Waals surface area (Å²) in [5.74, 6) is 0. The quantitative estimate of drug-likeness (QED) is 0.757. The molecule has 0 saturated heterocycles. The summed E-state index contributed by atoms with van der Waals surface area (Å²) in [4.78, 5) is 0. The van der Waals surface area contributed by atoms with Crippen LogP contribution in [-0.2, 0) is 0 Å². The second kappa shape index (κ2) is 4.36. The van der Waals surface area contributed by atoms with E-state index in [2.05, 4.69) is 47.2 Å². The standard InChI is InChI=1S/C15H18N2/c1-12-5-4-6-13(9-12)14-10-16-17(11-14)15-7-2-3-8-15/h4-6,9-11,15H,2-3,7-8H2,1H3. The fourth-order valence-electron chi connectivity index (χ4n) is 2.68. The van der Waals surface area contributed by atoms with Crippen molar-refractivity contribution in [3.05, 3.63) is 42.2 Å². The first-order valence-electron chi connectivity index (χ1n) is 6.44. The lowest BCUT2D eigenvalue weighted by atomic mass is 10.1. The van der Waals surface area contributed by atoms with Crippen LogP contribution in [0, 0.1) is 6.92 Å². The third kappa shape index (κ3) is 2.12. The highest BCUT2D eigenvalue weighted by atomic mass is 15.3. The zero-order valence-electron chi connectivity index (χ0n) is 10.3. The average Bonchev–Trinajstić information content (AvgIpc) is 3.00. The topological polar surface area (TPSA) is 17.8 Å². The minimum atomic E-state index is 0.633. The Morgan fingerprint density at radius 1 is 1.18 bits per heavy atom. The Kier molecular flexibility index (Phi) is 2.71. The summed E-state index contributed by atoms with van der Waals surface area (Å²) in [5, 5.41) is 4.52. The van der Waals surface area contributed by atoms with E-state index in [-0.39, 0.29) is 0 Å². The van der Waals surface area contributed by atoms with Crippen LogP contribution < -0.4 is 0 Å². The normalized spacial score (nSPS) is 16.5. The summed E-state index contributed by atoms with van der Waals surface area (Å²) >= 11 is 0. The van der Waals surface area contributed by atoms with E-state index in [0.29, 0.717) is 6.04 Å². The zero-order valence-corrected chi connectivity index (χ0v) is 10.3. The molecule has 2 nitrogen and oxygen atoms in total. The van der Waals surface area contributed by atoms with Gasteiger partial charge < -0.3 is 0 Å². The van der Waals surface area contributed by atoms with Gasteiger partial charge in [0.2, 0.25) is 0 Å². The van der Waals surface area contributed by atoms with Gasteiger partial charge in [0, 0.05) is 11.8 Å². The van der Waals surface area contributed by atoms with Gasteiger partial charge in [-0.3, -0.25) is 4.68 Å². The smallest absolute Gasteiger partial charge is 0.0568 e. The average molecular weight is 226 g/mol. The number of rotatable bonds is 2. The van der Waals surface area contributed by atoms with Crippen LogP contribution in [0.15, 0.2) is 36.7 Å². The van der Waals surface area contributed by atoms with E-state index >= 15 is 0 Å². The van der Waals surface area contributed by atoms with E-state index in [9.17, 15) is 0 Å². The summed E-state index contributed by atoms with van der Waals surface area (Å²) in [6.07, 6.45) is 9.47. The van der Waals surface area contributed by atoms with Gasteiger partial charge in [-0.2, -0.15) is 5.10 Å². The summed E-state index contributed by atoms with van der Waals surface area (Å²) in [6.45, 7) is 2.13. The lowest BCUT2D eigenvalue weighted by Crippen LogP contribution is -2.04. The molecule has 0 amide bonds. The van der Waals surface area contributed by atoms with E-state index in [1.807, 2.05) is 6.20 Å². The maximum absolute atomic E-state index is 4.52. The van der Waals surface area contributed by atoms with Crippen molar-refractivity contribution in [2.75, 3.05) is 0 Å². The first-order chi connectivity index (χ1) is 8.33. The Morgan fingerprint density at radius 2 is 2.00 bits per heavy atom. The monoisotopic (exact) mass is 226 g/mol. The lowest BCUT2D eigenvalue weighted by molar-refractivity contribution is 0.467. The van der Waals surface area contributed by atoms with Gasteiger partial charge in [0.05, 0.1) is 12.2 Å². The van der Waals surface area contributed by atoms with E-state index in [4.69, 9.17) is 0 Å². The van der Waals surface area contributed by atoms with Gasteiger partial charge in [0.25, 0.3) is 0 Å². The molecule has 0 N–H and O–H groups in total. The number of aromatic nitrogens is 2. The number of hydrogen-bond acceptors (Lipinski definition) is 1. The highest BCUT2D eigenvalue weighted by molar-refractivity contribution is 5.62. The Balaban J connectivity index is 1.89. The van der Waals surface area contributed by atoms with Crippen LogP contribution in [-0.4, -0.2) is 9.78 Å². The summed E-state index contributed by atoms with van der Waals surface area (Å²) in [6, 6.07) is 9.25. The predicted molar refractivity (Wildman–Crippen MR) is 69.9 cm³/mol. The molecule has 3 rings (SSSR count). The van der Waals surface area contributed by atoms with Crippen molar-refractivity contribution in [2.24, 2.45) is 0 Å². The molecule has 1 heterocycles. The number of aryl methyl sites for hydroxylation is 1. The molecule has 17 heavy (non-hydrogen) atoms. The molecular formula is C15H18N2. The summed E-state index contributed by atoms with van der Waals surface area (Å²) < 4.78 is 2.16. The van der Waals surface area contributed by atoms with Crippen LogP contribution >= 0.6 is 0 Å². The Bertz CT molecular complexity index is 507. The Labute approximate surface area is 102 Å². The largest absolute Gasteiger partial charge is 0.269 e. The second-order valence-electron chi connectivity index (χ2n) is 5.02. The van der Waals surface area contributed by atoms with Gasteiger partial charge in [-0.15, -0.1) is 0 Å². The molecule has 1 aromatic carbocycles. The highest BCUT2D eigenvalue weighted by Crippen LogP contribution is 2.30. The fourth-order valence-corrected chi connectivity index (χ4v) is 2.68. The zero-order chi connectivity index (χ0) is 11.7. The number of nitrogens with zero attached hydrogens (tertiary/aromatic N) is 2. The summed E-state index contributed by atoms with van der Waals surface area (Å²) in [7, 11) is 0. The van der Waals surface area contributed by atoms with Gasteiger partial charge in [0.15, 0.2) is 0 Å². The van der Waals surface area contributed by atoms with E-state index in [1.54, 1.807) is 0 Å². The van der Waals surface area contributed by atoms with Crippen molar-refractivity contribution in [3.63, 3.8) is 0 Å². The summed E-state index contributed by atoms with van der Waals surface area (Å²) in [5.41, 5.74) is 3.81. The molecule has 1 aliphatic rings. The van der Waals surface area contributed by atoms with Gasteiger partial charge in [-0.1, -0.05) is 42.7 Å². The minimum Gasteiger partial charge on any atom is -0.269 e. The molecule has 0 bridgehead atoms. The van der Waals surface area contributed by atoms with Crippen LogP contribution in [0.5, 0.6) is 0 Å². The Hall–Kier alpha value is -1.57. The molecule has 0 aliphatic heterocycles. The molecule has 1 fully saturated rings. The molecule has 0 unspecified atom stereocenters. The molecular weight excluding hydrogens is 208 g/mol. The van der Waals surface area contributed by atoms with Gasteiger partial charge >= 0.3 is 0 Å². The minimum absolute atomic E-state index is 0.633. The van der Waals surface area contributed by atoms with Gasteiger partial charge in [0.1, 0.15) is 0 Å². The third-order valence-electron chi connectivity index (χ3n) is 3.65. The molecule has 1 saturated carbocycles. The van der Waals surface area contributed by atoms with Crippen molar-refractivity contribution >= 4 is 0 Å². The van der Waals surface area contributed by atoms with Crippen LogP contribution in [0.25, 0.3) is 11.1 Å². The maximum Gasteiger partial charge on any atom is 0.0568 e. The molecule has 0 radical (unpaired) electrons. The van der Waals surface area contributed by atoms with Gasteiger partial charge in [-0.25, -0.2) is 0 Å². The number of benzene rings is 1. The van der Waals surface area contributed by atoms with E-state index in [0.717, 1.165) is 0 Å². The first-order valence-corrected chi connectivity index (χ1v) is 6.44. The third-order valence-corrected chi connectivity index (χ3v) is 3.65. The van der Waals surface area contributed by atoms with Crippen LogP contribution in [0.4, 0.5) is 0 Å². The van der Waals surface area contributed by atoms with Gasteiger partial charge in [-0.05, 0) is 25.3 Å². The molecule has 0 spiro atoms. The second-order valence-corrected chi connectivity index (χ2v) is 5.02. The van der Waals surface area contributed by atoms with Crippen molar-refractivity contribution in [1.82, 2.24) is 9.78 Å². The number of hydrogen-bond donors (Lipinski definition) is 0. The van der Waals surface area contributed by atoms with Crippen LogP contribution in [0.2, 0.25) is 0 Å². The van der Waals surface area contributed by atoms with E-state index < -0.39 is 0 Å². The molecule has 88 valence electrons. The highest BCUT2D eigenvalue weighted by Gasteiger charge is 2.17. The Morgan fingerprint density at radius 3 is 2.76 bits per heavy atom.